The van der Waals surface area contributed by atoms with Crippen LogP contribution in [0.4, 0.5) is 0 Å². The Labute approximate surface area is 232 Å². The maximum atomic E-state index is 14.0. The van der Waals surface area contributed by atoms with E-state index in [1.54, 1.807) is 12.0 Å². The third kappa shape index (κ3) is 4.29. The number of carbonyl (C=O) groups excluding carboxylic acids is 3. The fourth-order valence-corrected chi connectivity index (χ4v) is 6.00. The van der Waals surface area contributed by atoms with Crippen LogP contribution in [-0.2, 0) is 22.6 Å². The molecular formula is C32H32N4O4. The Morgan fingerprint density at radius 2 is 1.82 bits per heavy atom. The maximum Gasteiger partial charge on any atom is 0.255 e. The van der Waals surface area contributed by atoms with Crippen LogP contribution in [0.5, 0.6) is 5.75 Å². The summed E-state index contributed by atoms with van der Waals surface area (Å²) in [7, 11) is 1.60. The molecule has 0 saturated carbocycles. The van der Waals surface area contributed by atoms with Crippen molar-refractivity contribution >= 4 is 28.6 Å². The van der Waals surface area contributed by atoms with Crippen LogP contribution in [-0.4, -0.2) is 46.8 Å². The molecule has 4 aromatic rings. The molecule has 3 aromatic carbocycles. The second-order valence-corrected chi connectivity index (χ2v) is 10.8. The third-order valence-corrected chi connectivity index (χ3v) is 8.00. The zero-order valence-electron chi connectivity index (χ0n) is 22.7. The van der Waals surface area contributed by atoms with Gasteiger partial charge in [0.15, 0.2) is 0 Å². The second kappa shape index (κ2) is 10.2. The van der Waals surface area contributed by atoms with E-state index < -0.39 is 18.1 Å². The van der Waals surface area contributed by atoms with Crippen LogP contribution in [0.1, 0.15) is 52.6 Å². The van der Waals surface area contributed by atoms with Crippen LogP contribution in [0.25, 0.3) is 10.9 Å². The first kappa shape index (κ1) is 25.7. The van der Waals surface area contributed by atoms with Crippen molar-refractivity contribution in [1.82, 2.24) is 20.5 Å². The smallest absolute Gasteiger partial charge is 0.255 e. The Morgan fingerprint density at radius 3 is 2.62 bits per heavy atom. The van der Waals surface area contributed by atoms with Crippen molar-refractivity contribution in [3.05, 3.63) is 101 Å². The lowest BCUT2D eigenvalue weighted by Crippen LogP contribution is -2.57. The zero-order valence-corrected chi connectivity index (χ0v) is 22.7. The molecule has 3 amide bonds. The van der Waals surface area contributed by atoms with Crippen LogP contribution in [0, 0.1) is 5.92 Å². The van der Waals surface area contributed by atoms with Crippen molar-refractivity contribution < 1.29 is 19.1 Å². The molecule has 8 heteroatoms. The number of amides is 3. The van der Waals surface area contributed by atoms with E-state index in [4.69, 9.17) is 4.74 Å². The van der Waals surface area contributed by atoms with Gasteiger partial charge < -0.3 is 25.3 Å². The van der Waals surface area contributed by atoms with E-state index in [0.717, 1.165) is 33.3 Å². The molecule has 3 heterocycles. The number of hydrogen-bond donors (Lipinski definition) is 3. The van der Waals surface area contributed by atoms with Gasteiger partial charge in [0.25, 0.3) is 5.91 Å². The molecule has 2 aliphatic heterocycles. The Kier molecular flexibility index (Phi) is 6.54. The van der Waals surface area contributed by atoms with Crippen molar-refractivity contribution in [3.8, 4) is 5.75 Å². The minimum Gasteiger partial charge on any atom is -0.497 e. The summed E-state index contributed by atoms with van der Waals surface area (Å²) in [4.78, 5) is 46.2. The van der Waals surface area contributed by atoms with Gasteiger partial charge in [-0.15, -0.1) is 0 Å². The first-order chi connectivity index (χ1) is 19.4. The minimum atomic E-state index is -0.763. The van der Waals surface area contributed by atoms with Gasteiger partial charge in [-0.1, -0.05) is 62.4 Å². The molecule has 0 bridgehead atoms. The molecule has 0 fully saturated rings. The highest BCUT2D eigenvalue weighted by molar-refractivity contribution is 6.04. The van der Waals surface area contributed by atoms with E-state index in [9.17, 15) is 14.4 Å². The average Bonchev–Trinajstić information content (AvgIpc) is 3.49. The number of nitrogens with one attached hydrogen (secondary N) is 3. The highest BCUT2D eigenvalue weighted by Gasteiger charge is 2.49. The van der Waals surface area contributed by atoms with Crippen LogP contribution in [0.3, 0.4) is 0 Å². The van der Waals surface area contributed by atoms with E-state index >= 15 is 0 Å². The fourth-order valence-electron chi connectivity index (χ4n) is 6.00. The van der Waals surface area contributed by atoms with E-state index in [1.165, 1.54) is 0 Å². The molecule has 1 aromatic heterocycles. The quantitative estimate of drug-likeness (QED) is 0.331. The monoisotopic (exact) mass is 536 g/mol. The molecule has 6 rings (SSSR count). The number of H-pyrrole nitrogens is 1. The average molecular weight is 537 g/mol. The van der Waals surface area contributed by atoms with E-state index in [1.807, 2.05) is 86.6 Å². The molecule has 3 N–H and O–H groups in total. The van der Waals surface area contributed by atoms with Crippen LogP contribution in [0.15, 0.2) is 72.8 Å². The van der Waals surface area contributed by atoms with Gasteiger partial charge in [-0.3, -0.25) is 14.4 Å². The molecule has 0 radical (unpaired) electrons. The predicted molar refractivity (Wildman–Crippen MR) is 152 cm³/mol. The van der Waals surface area contributed by atoms with Gasteiger partial charge in [0.05, 0.1) is 13.2 Å². The zero-order chi connectivity index (χ0) is 28.0. The number of rotatable bonds is 7. The third-order valence-electron chi connectivity index (χ3n) is 8.00. The van der Waals surface area contributed by atoms with Gasteiger partial charge in [0.1, 0.15) is 17.8 Å². The number of fused-ring (bicyclic) bond motifs is 7. The lowest BCUT2D eigenvalue weighted by Gasteiger charge is -2.38. The van der Waals surface area contributed by atoms with E-state index in [0.29, 0.717) is 24.3 Å². The summed E-state index contributed by atoms with van der Waals surface area (Å²) in [6, 6.07) is 21.1. The summed E-state index contributed by atoms with van der Waals surface area (Å²) in [6.45, 7) is 4.10. The summed E-state index contributed by atoms with van der Waals surface area (Å²) in [5, 5.41) is 6.99. The summed E-state index contributed by atoms with van der Waals surface area (Å²) >= 11 is 0. The number of nitrogens with zero attached hydrogens (tertiary/aromatic N) is 1. The second-order valence-electron chi connectivity index (χ2n) is 10.8. The van der Waals surface area contributed by atoms with E-state index in [2.05, 4.69) is 15.6 Å². The van der Waals surface area contributed by atoms with Crippen molar-refractivity contribution in [2.45, 2.75) is 44.9 Å². The molecule has 0 spiro atoms. The molecule has 0 unspecified atom stereocenters. The lowest BCUT2D eigenvalue weighted by molar-refractivity contribution is -0.133. The van der Waals surface area contributed by atoms with Crippen LogP contribution < -0.4 is 15.4 Å². The molecular weight excluding hydrogens is 504 g/mol. The van der Waals surface area contributed by atoms with E-state index in [-0.39, 0.29) is 23.6 Å². The normalized spacial score (nSPS) is 18.2. The molecule has 204 valence electrons. The first-order valence-corrected chi connectivity index (χ1v) is 13.6. The number of methoxy groups -OCH3 is 1. The highest BCUT2D eigenvalue weighted by atomic mass is 16.5. The van der Waals surface area contributed by atoms with Crippen molar-refractivity contribution in [1.29, 1.82) is 0 Å². The number of ether oxygens (including phenoxy) is 1. The van der Waals surface area contributed by atoms with Gasteiger partial charge in [-0.05, 0) is 46.9 Å². The lowest BCUT2D eigenvalue weighted by atomic mass is 9.89. The SMILES string of the molecule is COc1cccc(CNC(=O)[C@@H](NC(=O)[C@@H]2Cc3c([nH]c4ccccc34)[C@@H]3c4ccccc4C(=O)N32)C(C)C)c1. The topological polar surface area (TPSA) is 104 Å². The number of para-hydroxylation sites is 1. The summed E-state index contributed by atoms with van der Waals surface area (Å²) in [6.07, 6.45) is 0.359. The van der Waals surface area contributed by atoms with Gasteiger partial charge >= 0.3 is 0 Å². The van der Waals surface area contributed by atoms with Crippen molar-refractivity contribution in [3.63, 3.8) is 0 Å². The Balaban J connectivity index is 1.29. The molecule has 40 heavy (non-hydrogen) atoms. The van der Waals surface area contributed by atoms with Gasteiger partial charge in [0.2, 0.25) is 11.8 Å². The van der Waals surface area contributed by atoms with Crippen molar-refractivity contribution in [2.75, 3.05) is 7.11 Å². The number of benzene rings is 3. The standard InChI is InChI=1S/C32H32N4O4/c1-18(2)27(31(38)33-17-19-9-8-10-20(15-19)40-3)35-30(37)26-16-24-21-11-6-7-14-25(21)34-28(24)29-22-12-4-5-13-23(22)32(39)36(26)29/h4-15,18,26-27,29,34H,16-17H2,1-3H3,(H,33,38)(H,35,37)/t26-,27-,29-/m0/s1. The largest absolute Gasteiger partial charge is 0.497 e. The fraction of sp³-hybridized carbons (Fsp3) is 0.281. The number of aromatic nitrogens is 1. The van der Waals surface area contributed by atoms with Crippen molar-refractivity contribution in [2.24, 2.45) is 5.92 Å². The summed E-state index contributed by atoms with van der Waals surface area (Å²) in [5.41, 5.74) is 5.33. The molecule has 8 nitrogen and oxygen atoms in total. The summed E-state index contributed by atoms with van der Waals surface area (Å²) in [5.74, 6) is -0.239. The van der Waals surface area contributed by atoms with Gasteiger partial charge in [0, 0.05) is 35.1 Å². The molecule has 3 atom stereocenters. The molecule has 0 saturated heterocycles. The van der Waals surface area contributed by atoms with Gasteiger partial charge in [-0.2, -0.15) is 0 Å². The Morgan fingerprint density at radius 1 is 1.05 bits per heavy atom. The molecule has 2 aliphatic rings. The first-order valence-electron chi connectivity index (χ1n) is 13.6. The van der Waals surface area contributed by atoms with Gasteiger partial charge in [-0.25, -0.2) is 0 Å². The van der Waals surface area contributed by atoms with Crippen LogP contribution >= 0.6 is 0 Å². The number of hydrogen-bond acceptors (Lipinski definition) is 4. The summed E-state index contributed by atoms with van der Waals surface area (Å²) < 4.78 is 5.28. The molecule has 0 aliphatic carbocycles. The predicted octanol–water partition coefficient (Wildman–Crippen LogP) is 4.10. The van der Waals surface area contributed by atoms with Crippen LogP contribution in [0.2, 0.25) is 0 Å². The Bertz CT molecular complexity index is 1620. The number of aromatic amines is 1. The maximum absolute atomic E-state index is 14.0. The Hall–Kier alpha value is -4.59. The minimum absolute atomic E-state index is 0.163. The highest BCUT2D eigenvalue weighted by Crippen LogP contribution is 2.46. The number of carbonyl (C=O) groups is 3.